The quantitative estimate of drug-likeness (QED) is 0.798. The van der Waals surface area contributed by atoms with Crippen molar-refractivity contribution in [3.05, 3.63) is 54.7 Å². The molecule has 5 nitrogen and oxygen atoms in total. The smallest absolute Gasteiger partial charge is 0.246 e. The first-order chi connectivity index (χ1) is 10.2. The molecule has 3 rings (SSSR count). The van der Waals surface area contributed by atoms with E-state index < -0.39 is 0 Å². The zero-order valence-corrected chi connectivity index (χ0v) is 11.4. The molecule has 0 aliphatic rings. The van der Waals surface area contributed by atoms with Crippen LogP contribution in [-0.4, -0.2) is 16.1 Å². The van der Waals surface area contributed by atoms with Gasteiger partial charge >= 0.3 is 0 Å². The molecule has 0 unspecified atom stereocenters. The summed E-state index contributed by atoms with van der Waals surface area (Å²) in [5, 5.41) is 12.5. The summed E-state index contributed by atoms with van der Waals surface area (Å²) >= 11 is 0. The molecule has 0 bridgehead atoms. The van der Waals surface area contributed by atoms with Crippen LogP contribution in [0.5, 0.6) is 11.6 Å². The number of ether oxygens (including phenoxy) is 1. The van der Waals surface area contributed by atoms with Crippen molar-refractivity contribution in [2.45, 2.75) is 6.92 Å². The molecule has 0 spiro atoms. The lowest BCUT2D eigenvalue weighted by molar-refractivity contribution is -0.114. The largest absolute Gasteiger partial charge is 0.437 e. The predicted molar refractivity (Wildman–Crippen MR) is 80.4 cm³/mol. The van der Waals surface area contributed by atoms with Crippen molar-refractivity contribution < 1.29 is 9.53 Å². The standard InChI is InChI=1S/C16H13N3O2/c1-11(20)18-13-6-4-7-14(9-13)21-16-15-8-3-2-5-12(15)10-17-19-16/h2-10H,1H3,(H,18,20). The van der Waals surface area contributed by atoms with Gasteiger partial charge in [0.1, 0.15) is 5.75 Å². The van der Waals surface area contributed by atoms with Gasteiger partial charge in [0.05, 0.1) is 6.20 Å². The molecule has 0 saturated carbocycles. The van der Waals surface area contributed by atoms with Gasteiger partial charge in [0.25, 0.3) is 0 Å². The van der Waals surface area contributed by atoms with Gasteiger partial charge in [-0.1, -0.05) is 24.3 Å². The van der Waals surface area contributed by atoms with E-state index in [2.05, 4.69) is 15.5 Å². The fraction of sp³-hybridized carbons (Fsp3) is 0.0625. The van der Waals surface area contributed by atoms with Gasteiger partial charge in [0.15, 0.2) is 0 Å². The topological polar surface area (TPSA) is 64.1 Å². The summed E-state index contributed by atoms with van der Waals surface area (Å²) in [6.07, 6.45) is 1.69. The predicted octanol–water partition coefficient (Wildman–Crippen LogP) is 3.38. The molecule has 1 amide bonds. The van der Waals surface area contributed by atoms with E-state index >= 15 is 0 Å². The van der Waals surface area contributed by atoms with E-state index in [4.69, 9.17) is 4.74 Å². The second-order valence-electron chi connectivity index (χ2n) is 4.55. The summed E-state index contributed by atoms with van der Waals surface area (Å²) in [4.78, 5) is 11.1. The molecule has 0 radical (unpaired) electrons. The van der Waals surface area contributed by atoms with Crippen molar-refractivity contribution >= 4 is 22.4 Å². The fourth-order valence-electron chi connectivity index (χ4n) is 2.03. The van der Waals surface area contributed by atoms with E-state index in [1.807, 2.05) is 24.3 Å². The third-order valence-electron chi connectivity index (χ3n) is 2.91. The molecule has 1 heterocycles. The maximum Gasteiger partial charge on any atom is 0.246 e. The van der Waals surface area contributed by atoms with Crippen molar-refractivity contribution in [2.75, 3.05) is 5.32 Å². The highest BCUT2D eigenvalue weighted by atomic mass is 16.5. The van der Waals surface area contributed by atoms with Crippen LogP contribution in [0.15, 0.2) is 54.7 Å². The Balaban J connectivity index is 1.93. The molecule has 5 heteroatoms. The van der Waals surface area contributed by atoms with Gasteiger partial charge in [0.2, 0.25) is 11.8 Å². The maximum absolute atomic E-state index is 11.1. The zero-order valence-electron chi connectivity index (χ0n) is 11.4. The lowest BCUT2D eigenvalue weighted by atomic mass is 10.2. The molecule has 2 aromatic carbocycles. The molecule has 0 aliphatic heterocycles. The molecule has 104 valence electrons. The van der Waals surface area contributed by atoms with Crippen molar-refractivity contribution in [1.29, 1.82) is 0 Å². The Bertz CT molecular complexity index is 797. The van der Waals surface area contributed by atoms with Gasteiger partial charge in [-0.3, -0.25) is 4.79 Å². The van der Waals surface area contributed by atoms with Crippen LogP contribution in [0.3, 0.4) is 0 Å². The molecule has 21 heavy (non-hydrogen) atoms. The maximum atomic E-state index is 11.1. The Morgan fingerprint density at radius 2 is 2.00 bits per heavy atom. The lowest BCUT2D eigenvalue weighted by Gasteiger charge is -2.08. The fourth-order valence-corrected chi connectivity index (χ4v) is 2.03. The number of benzene rings is 2. The van der Waals surface area contributed by atoms with E-state index in [-0.39, 0.29) is 5.91 Å². The summed E-state index contributed by atoms with van der Waals surface area (Å²) in [6, 6.07) is 14.9. The Morgan fingerprint density at radius 3 is 2.86 bits per heavy atom. The molecular weight excluding hydrogens is 266 g/mol. The number of carbonyl (C=O) groups is 1. The van der Waals surface area contributed by atoms with Crippen LogP contribution in [-0.2, 0) is 4.79 Å². The Morgan fingerprint density at radius 1 is 1.14 bits per heavy atom. The van der Waals surface area contributed by atoms with Crippen molar-refractivity contribution in [1.82, 2.24) is 10.2 Å². The highest BCUT2D eigenvalue weighted by Gasteiger charge is 2.06. The van der Waals surface area contributed by atoms with Crippen molar-refractivity contribution in [2.24, 2.45) is 0 Å². The molecule has 1 N–H and O–H groups in total. The second kappa shape index (κ2) is 5.58. The number of amides is 1. The van der Waals surface area contributed by atoms with Crippen LogP contribution >= 0.6 is 0 Å². The second-order valence-corrected chi connectivity index (χ2v) is 4.55. The van der Waals surface area contributed by atoms with Crippen LogP contribution in [0.2, 0.25) is 0 Å². The zero-order chi connectivity index (χ0) is 14.7. The molecule has 0 atom stereocenters. The van der Waals surface area contributed by atoms with E-state index in [0.29, 0.717) is 17.3 Å². The number of nitrogens with one attached hydrogen (secondary N) is 1. The average molecular weight is 279 g/mol. The summed E-state index contributed by atoms with van der Waals surface area (Å²) in [7, 11) is 0. The molecule has 3 aromatic rings. The molecule has 1 aromatic heterocycles. The van der Waals surface area contributed by atoms with Gasteiger partial charge in [-0.25, -0.2) is 0 Å². The third-order valence-corrected chi connectivity index (χ3v) is 2.91. The molecular formula is C16H13N3O2. The summed E-state index contributed by atoms with van der Waals surface area (Å²) in [5.74, 6) is 0.900. The van der Waals surface area contributed by atoms with Gasteiger partial charge in [0, 0.05) is 29.4 Å². The first kappa shape index (κ1) is 13.1. The average Bonchev–Trinajstić information content (AvgIpc) is 2.47. The summed E-state index contributed by atoms with van der Waals surface area (Å²) in [6.45, 7) is 1.46. The summed E-state index contributed by atoms with van der Waals surface area (Å²) in [5.41, 5.74) is 0.674. The number of anilines is 1. The van der Waals surface area contributed by atoms with E-state index in [1.165, 1.54) is 6.92 Å². The SMILES string of the molecule is CC(=O)Nc1cccc(Oc2nncc3ccccc23)c1. The number of hydrogen-bond acceptors (Lipinski definition) is 4. The lowest BCUT2D eigenvalue weighted by Crippen LogP contribution is -2.05. The monoisotopic (exact) mass is 279 g/mol. The number of hydrogen-bond donors (Lipinski definition) is 1. The molecule has 0 fully saturated rings. The van der Waals surface area contributed by atoms with Crippen LogP contribution in [0.25, 0.3) is 10.8 Å². The van der Waals surface area contributed by atoms with Crippen LogP contribution in [0, 0.1) is 0 Å². The van der Waals surface area contributed by atoms with Crippen LogP contribution in [0.1, 0.15) is 6.92 Å². The molecule has 0 aliphatic carbocycles. The number of rotatable bonds is 3. The van der Waals surface area contributed by atoms with Gasteiger partial charge in [-0.05, 0) is 18.2 Å². The number of fused-ring (bicyclic) bond motifs is 1. The first-order valence-corrected chi connectivity index (χ1v) is 6.48. The minimum atomic E-state index is -0.128. The van der Waals surface area contributed by atoms with E-state index in [9.17, 15) is 4.79 Å². The van der Waals surface area contributed by atoms with E-state index in [1.54, 1.807) is 30.5 Å². The Labute approximate surface area is 121 Å². The summed E-state index contributed by atoms with van der Waals surface area (Å²) < 4.78 is 5.79. The van der Waals surface area contributed by atoms with Gasteiger partial charge in [-0.2, -0.15) is 5.10 Å². The first-order valence-electron chi connectivity index (χ1n) is 6.48. The van der Waals surface area contributed by atoms with E-state index in [0.717, 1.165) is 10.8 Å². The third kappa shape index (κ3) is 2.97. The normalized spacial score (nSPS) is 10.3. The minimum Gasteiger partial charge on any atom is -0.437 e. The number of nitrogens with zero attached hydrogens (tertiary/aromatic N) is 2. The molecule has 0 saturated heterocycles. The Hall–Kier alpha value is -2.95. The van der Waals surface area contributed by atoms with Crippen LogP contribution in [0.4, 0.5) is 5.69 Å². The van der Waals surface area contributed by atoms with Gasteiger partial charge < -0.3 is 10.1 Å². The highest BCUT2D eigenvalue weighted by molar-refractivity contribution is 5.89. The number of carbonyl (C=O) groups excluding carboxylic acids is 1. The van der Waals surface area contributed by atoms with Crippen LogP contribution < -0.4 is 10.1 Å². The van der Waals surface area contributed by atoms with Crippen molar-refractivity contribution in [3.63, 3.8) is 0 Å². The minimum absolute atomic E-state index is 0.128. The van der Waals surface area contributed by atoms with Crippen molar-refractivity contribution in [3.8, 4) is 11.6 Å². The number of aromatic nitrogens is 2. The Kier molecular flexibility index (Phi) is 3.47. The van der Waals surface area contributed by atoms with Gasteiger partial charge in [-0.15, -0.1) is 5.10 Å². The highest BCUT2D eigenvalue weighted by Crippen LogP contribution is 2.28.